The van der Waals surface area contributed by atoms with Gasteiger partial charge >= 0.3 is 12.1 Å². The zero-order chi connectivity index (χ0) is 13.9. The van der Waals surface area contributed by atoms with Crippen LogP contribution in [0.2, 0.25) is 0 Å². The van der Waals surface area contributed by atoms with Crippen molar-refractivity contribution in [3.63, 3.8) is 0 Å². The predicted octanol–water partition coefficient (Wildman–Crippen LogP) is 1.69. The fourth-order valence-corrected chi connectivity index (χ4v) is 1.27. The third kappa shape index (κ3) is 3.56. The van der Waals surface area contributed by atoms with Crippen molar-refractivity contribution in [2.75, 3.05) is 0 Å². The fraction of sp³-hybridized carbons (Fsp3) is 0.273. The van der Waals surface area contributed by atoms with Crippen LogP contribution in [0.4, 0.5) is 13.2 Å². The van der Waals surface area contributed by atoms with Gasteiger partial charge in [-0.25, -0.2) is 0 Å². The maximum Gasteiger partial charge on any atom is 0.416 e. The Kier molecular flexibility index (Phi) is 4.07. The minimum Gasteiger partial charge on any atom is -0.480 e. The minimum absolute atomic E-state index is 0.207. The number of Topliss-reactive ketones (excluding diaryl/α,β-unsaturated/α-hetero) is 1. The molecule has 0 radical (unpaired) electrons. The minimum atomic E-state index is -4.55. The second-order valence-corrected chi connectivity index (χ2v) is 3.65. The molecule has 0 aliphatic heterocycles. The molecule has 3 N–H and O–H groups in total. The first-order valence-corrected chi connectivity index (χ1v) is 4.90. The van der Waals surface area contributed by atoms with Crippen molar-refractivity contribution in [2.45, 2.75) is 18.6 Å². The number of rotatable bonds is 4. The fourth-order valence-electron chi connectivity index (χ4n) is 1.27. The summed E-state index contributed by atoms with van der Waals surface area (Å²) in [5.41, 5.74) is 3.97. The molecule has 0 unspecified atom stereocenters. The molecule has 7 heteroatoms. The number of nitrogens with two attached hydrogens (primary N) is 1. The molecule has 1 aromatic carbocycles. The van der Waals surface area contributed by atoms with Crippen molar-refractivity contribution >= 4 is 11.8 Å². The Labute approximate surface area is 100 Å². The summed E-state index contributed by atoms with van der Waals surface area (Å²) in [6.45, 7) is 0. The Bertz CT molecular complexity index is 471. The van der Waals surface area contributed by atoms with Gasteiger partial charge in [0.2, 0.25) is 0 Å². The molecule has 18 heavy (non-hydrogen) atoms. The normalized spacial score (nSPS) is 13.1. The Morgan fingerprint density at radius 3 is 2.44 bits per heavy atom. The van der Waals surface area contributed by atoms with Gasteiger partial charge in [-0.3, -0.25) is 9.59 Å². The monoisotopic (exact) mass is 261 g/mol. The average molecular weight is 261 g/mol. The molecular weight excluding hydrogens is 251 g/mol. The predicted molar refractivity (Wildman–Crippen MR) is 56.0 cm³/mol. The smallest absolute Gasteiger partial charge is 0.416 e. The van der Waals surface area contributed by atoms with Gasteiger partial charge in [0.1, 0.15) is 6.04 Å². The molecule has 0 saturated heterocycles. The maximum absolute atomic E-state index is 12.4. The molecule has 0 aliphatic rings. The quantitative estimate of drug-likeness (QED) is 0.808. The van der Waals surface area contributed by atoms with E-state index in [2.05, 4.69) is 0 Å². The number of carbonyl (C=O) groups excluding carboxylic acids is 1. The third-order valence-corrected chi connectivity index (χ3v) is 2.23. The first-order chi connectivity index (χ1) is 8.21. The summed E-state index contributed by atoms with van der Waals surface area (Å²) in [7, 11) is 0. The van der Waals surface area contributed by atoms with Crippen molar-refractivity contribution in [3.05, 3.63) is 35.4 Å². The molecule has 1 rings (SSSR count). The lowest BCUT2D eigenvalue weighted by Gasteiger charge is -2.09. The van der Waals surface area contributed by atoms with E-state index in [1.807, 2.05) is 0 Å². The Hall–Kier alpha value is -1.89. The number of hydrogen-bond acceptors (Lipinski definition) is 3. The Morgan fingerprint density at radius 2 is 1.94 bits per heavy atom. The van der Waals surface area contributed by atoms with E-state index in [1.165, 1.54) is 6.07 Å². The van der Waals surface area contributed by atoms with E-state index >= 15 is 0 Å². The number of halogens is 3. The molecule has 0 aliphatic carbocycles. The van der Waals surface area contributed by atoms with E-state index in [-0.39, 0.29) is 5.56 Å². The molecule has 0 amide bonds. The third-order valence-electron chi connectivity index (χ3n) is 2.23. The summed E-state index contributed by atoms with van der Waals surface area (Å²) in [6, 6.07) is 2.35. The molecule has 4 nitrogen and oxygen atoms in total. The van der Waals surface area contributed by atoms with Crippen molar-refractivity contribution in [2.24, 2.45) is 5.73 Å². The van der Waals surface area contributed by atoms with Gasteiger partial charge in [-0.1, -0.05) is 12.1 Å². The van der Waals surface area contributed by atoms with Gasteiger partial charge in [0, 0.05) is 12.0 Å². The van der Waals surface area contributed by atoms with Crippen LogP contribution >= 0.6 is 0 Å². The van der Waals surface area contributed by atoms with Crippen LogP contribution < -0.4 is 5.73 Å². The molecule has 0 bridgehead atoms. The number of ketones is 1. The zero-order valence-corrected chi connectivity index (χ0v) is 9.07. The molecule has 0 aromatic heterocycles. The first-order valence-electron chi connectivity index (χ1n) is 4.90. The number of carbonyl (C=O) groups is 2. The van der Waals surface area contributed by atoms with Crippen LogP contribution in [0.1, 0.15) is 22.3 Å². The number of benzene rings is 1. The second-order valence-electron chi connectivity index (χ2n) is 3.65. The number of alkyl halides is 3. The molecule has 0 fully saturated rings. The Balaban J connectivity index is 2.91. The van der Waals surface area contributed by atoms with Gasteiger partial charge in [-0.15, -0.1) is 0 Å². The van der Waals surface area contributed by atoms with Crippen LogP contribution in [0, 0.1) is 0 Å². The first kappa shape index (κ1) is 14.2. The number of carboxylic acids is 1. The number of carboxylic acid groups (broad SMARTS) is 1. The molecule has 1 aromatic rings. The summed E-state index contributed by atoms with van der Waals surface area (Å²) < 4.78 is 37.2. The molecule has 0 heterocycles. The summed E-state index contributed by atoms with van der Waals surface area (Å²) in [6.07, 6.45) is -5.10. The van der Waals surface area contributed by atoms with Gasteiger partial charge in [0.05, 0.1) is 5.56 Å². The highest BCUT2D eigenvalue weighted by Gasteiger charge is 2.31. The molecule has 98 valence electrons. The summed E-state index contributed by atoms with van der Waals surface area (Å²) in [5.74, 6) is -2.12. The highest BCUT2D eigenvalue weighted by molar-refractivity contribution is 5.98. The van der Waals surface area contributed by atoms with Crippen LogP contribution in [0.25, 0.3) is 0 Å². The SMILES string of the molecule is N[C@@H](CC(=O)c1cccc(C(F)(F)F)c1)C(=O)O. The summed E-state index contributed by atoms with van der Waals surface area (Å²) in [5, 5.41) is 8.50. The van der Waals surface area contributed by atoms with E-state index in [9.17, 15) is 22.8 Å². The molecule has 0 spiro atoms. The Morgan fingerprint density at radius 1 is 1.33 bits per heavy atom. The second kappa shape index (κ2) is 5.18. The largest absolute Gasteiger partial charge is 0.480 e. The van der Waals surface area contributed by atoms with E-state index < -0.39 is 36.0 Å². The van der Waals surface area contributed by atoms with Crippen LogP contribution in [0.5, 0.6) is 0 Å². The van der Waals surface area contributed by atoms with Crippen molar-refractivity contribution in [3.8, 4) is 0 Å². The molecular formula is C11H10F3NO3. The molecule has 1 atom stereocenters. The number of hydrogen-bond donors (Lipinski definition) is 2. The van der Waals surface area contributed by atoms with Gasteiger partial charge in [0.15, 0.2) is 5.78 Å². The van der Waals surface area contributed by atoms with Gasteiger partial charge in [0.25, 0.3) is 0 Å². The standard InChI is InChI=1S/C11H10F3NO3/c12-11(13,14)7-3-1-2-6(4-7)9(16)5-8(15)10(17)18/h1-4,8H,5,15H2,(H,17,18)/t8-/m0/s1. The topological polar surface area (TPSA) is 80.4 Å². The average Bonchev–Trinajstić information content (AvgIpc) is 2.27. The molecule has 0 saturated carbocycles. The van der Waals surface area contributed by atoms with Crippen LogP contribution in [-0.2, 0) is 11.0 Å². The van der Waals surface area contributed by atoms with Crippen LogP contribution in [0.15, 0.2) is 24.3 Å². The highest BCUT2D eigenvalue weighted by Crippen LogP contribution is 2.29. The van der Waals surface area contributed by atoms with Crippen LogP contribution in [-0.4, -0.2) is 22.9 Å². The number of aliphatic carboxylic acids is 1. The lowest BCUT2D eigenvalue weighted by molar-refractivity contribution is -0.139. The highest BCUT2D eigenvalue weighted by atomic mass is 19.4. The lowest BCUT2D eigenvalue weighted by Crippen LogP contribution is -2.32. The van der Waals surface area contributed by atoms with Crippen molar-refractivity contribution < 1.29 is 27.9 Å². The van der Waals surface area contributed by atoms with Crippen molar-refractivity contribution in [1.82, 2.24) is 0 Å². The van der Waals surface area contributed by atoms with E-state index in [1.54, 1.807) is 0 Å². The maximum atomic E-state index is 12.4. The van der Waals surface area contributed by atoms with Gasteiger partial charge < -0.3 is 10.8 Å². The zero-order valence-electron chi connectivity index (χ0n) is 9.07. The summed E-state index contributed by atoms with van der Waals surface area (Å²) >= 11 is 0. The van der Waals surface area contributed by atoms with E-state index in [0.717, 1.165) is 12.1 Å². The summed E-state index contributed by atoms with van der Waals surface area (Å²) in [4.78, 5) is 22.0. The van der Waals surface area contributed by atoms with E-state index in [4.69, 9.17) is 10.8 Å². The van der Waals surface area contributed by atoms with Crippen LogP contribution in [0.3, 0.4) is 0 Å². The van der Waals surface area contributed by atoms with Gasteiger partial charge in [-0.05, 0) is 12.1 Å². The lowest BCUT2D eigenvalue weighted by atomic mass is 10.0. The van der Waals surface area contributed by atoms with Gasteiger partial charge in [-0.2, -0.15) is 13.2 Å². The van der Waals surface area contributed by atoms with Crippen molar-refractivity contribution in [1.29, 1.82) is 0 Å². The van der Waals surface area contributed by atoms with E-state index in [0.29, 0.717) is 6.07 Å².